The molecule has 1 aromatic heterocycles. The predicted molar refractivity (Wildman–Crippen MR) is 118 cm³/mol. The molecule has 9 heteroatoms. The molecule has 160 valence electrons. The lowest BCUT2D eigenvalue weighted by molar-refractivity contribution is -0.140. The lowest BCUT2D eigenvalue weighted by Crippen LogP contribution is -2.33. The average Bonchev–Trinajstić information content (AvgIpc) is 3.05. The first-order chi connectivity index (χ1) is 14.8. The average molecular weight is 439 g/mol. The van der Waals surface area contributed by atoms with Gasteiger partial charge in [-0.2, -0.15) is 10.5 Å². The van der Waals surface area contributed by atoms with Gasteiger partial charge in [0, 0.05) is 36.0 Å². The van der Waals surface area contributed by atoms with Crippen molar-refractivity contribution in [1.82, 2.24) is 0 Å². The number of benzene rings is 1. The Morgan fingerprint density at radius 1 is 1.35 bits per heavy atom. The Morgan fingerprint density at radius 2 is 2.06 bits per heavy atom. The van der Waals surface area contributed by atoms with Crippen molar-refractivity contribution in [3.05, 3.63) is 38.6 Å². The van der Waals surface area contributed by atoms with E-state index in [1.807, 2.05) is 11.8 Å². The number of nitriles is 2. The minimum atomic E-state index is -0.308. The molecule has 0 radical (unpaired) electrons. The molecule has 1 aliphatic heterocycles. The van der Waals surface area contributed by atoms with Gasteiger partial charge in [-0.15, -0.1) is 11.3 Å². The number of anilines is 1. The van der Waals surface area contributed by atoms with Gasteiger partial charge in [0.2, 0.25) is 0 Å². The van der Waals surface area contributed by atoms with Crippen molar-refractivity contribution in [2.45, 2.75) is 26.7 Å². The van der Waals surface area contributed by atoms with Gasteiger partial charge in [0.15, 0.2) is 5.78 Å². The predicted octanol–water partition coefficient (Wildman–Crippen LogP) is 3.79. The summed E-state index contributed by atoms with van der Waals surface area (Å²) >= 11 is 1.38. The quantitative estimate of drug-likeness (QED) is 0.568. The van der Waals surface area contributed by atoms with Gasteiger partial charge in [0.05, 0.1) is 24.8 Å². The molecule has 0 atom stereocenters. The Labute approximate surface area is 184 Å². The van der Waals surface area contributed by atoms with Crippen molar-refractivity contribution in [2.24, 2.45) is 4.99 Å². The second kappa shape index (κ2) is 10.4. The Kier molecular flexibility index (Phi) is 7.89. The Hall–Kier alpha value is -3.69. The van der Waals surface area contributed by atoms with Crippen LogP contribution < -0.4 is 4.90 Å². The highest BCUT2D eigenvalue weighted by Crippen LogP contribution is 2.37. The molecule has 0 fully saturated rings. The van der Waals surface area contributed by atoms with Crippen LogP contribution in [-0.2, 0) is 9.53 Å². The molecule has 0 saturated heterocycles. The molecule has 1 N–H and O–H groups in total. The smallest absolute Gasteiger partial charge is 0.307 e. The largest absolute Gasteiger partial charge is 0.506 e. The standard InChI is InChI=1S/C14H16N2O4.C8H6N2S/c1-15-10-7-9-11(8-13(10)18)16(5-3-12(9)17)6-4-14(19)20-2;1-5-7(3-9)6(2)11-8(5)4-10/h7-8,18H,1,3-6H2,2H3;1-2H3. The Morgan fingerprint density at radius 3 is 2.58 bits per heavy atom. The van der Waals surface area contributed by atoms with Gasteiger partial charge in [-0.25, -0.2) is 0 Å². The second-order valence-electron chi connectivity index (χ2n) is 6.71. The van der Waals surface area contributed by atoms with Crippen molar-refractivity contribution in [3.63, 3.8) is 0 Å². The topological polar surface area (TPSA) is 127 Å². The second-order valence-corrected chi connectivity index (χ2v) is 7.94. The number of hydrogen-bond donors (Lipinski definition) is 1. The summed E-state index contributed by atoms with van der Waals surface area (Å²) in [7, 11) is 1.34. The minimum absolute atomic E-state index is 0.000724. The first-order valence-electron chi connectivity index (χ1n) is 9.36. The number of Topliss-reactive ketones (excluding diaryl/α,β-unsaturated/α-hetero) is 1. The molecule has 0 unspecified atom stereocenters. The van der Waals surface area contributed by atoms with Crippen LogP contribution in [-0.4, -0.2) is 43.8 Å². The van der Waals surface area contributed by atoms with E-state index in [-0.39, 0.29) is 29.6 Å². The zero-order valence-corrected chi connectivity index (χ0v) is 18.4. The molecule has 2 aromatic rings. The molecule has 31 heavy (non-hydrogen) atoms. The first-order valence-corrected chi connectivity index (χ1v) is 10.2. The fourth-order valence-corrected chi connectivity index (χ4v) is 4.06. The van der Waals surface area contributed by atoms with E-state index in [0.29, 0.717) is 41.2 Å². The highest BCUT2D eigenvalue weighted by Gasteiger charge is 2.25. The Bertz CT molecular complexity index is 1110. The SMILES string of the molecule is C=Nc1cc2c(cc1O)N(CCC(=O)OC)CCC2=O.Cc1sc(C#N)c(C)c1C#N. The number of phenols is 1. The fraction of sp³-hybridized carbons (Fsp3) is 0.318. The number of hydrogen-bond acceptors (Lipinski definition) is 9. The maximum atomic E-state index is 11.9. The van der Waals surface area contributed by atoms with E-state index in [4.69, 9.17) is 10.5 Å². The van der Waals surface area contributed by atoms with Crippen molar-refractivity contribution >= 4 is 41.2 Å². The van der Waals surface area contributed by atoms with Crippen molar-refractivity contribution in [1.29, 1.82) is 10.5 Å². The normalized spacial score (nSPS) is 12.0. The van der Waals surface area contributed by atoms with Crippen LogP contribution >= 0.6 is 11.3 Å². The van der Waals surface area contributed by atoms with E-state index >= 15 is 0 Å². The minimum Gasteiger partial charge on any atom is -0.506 e. The summed E-state index contributed by atoms with van der Waals surface area (Å²) in [6.07, 6.45) is 0.599. The van der Waals surface area contributed by atoms with E-state index in [1.165, 1.54) is 30.6 Å². The Balaban J connectivity index is 0.000000262. The molecule has 8 nitrogen and oxygen atoms in total. The number of aliphatic imine (C=N–C) groups is 1. The first kappa shape index (κ1) is 23.6. The number of aromatic hydroxyl groups is 1. The van der Waals surface area contributed by atoms with Gasteiger partial charge in [-0.1, -0.05) is 0 Å². The fourth-order valence-electron chi connectivity index (χ4n) is 3.16. The number of ether oxygens (including phenoxy) is 1. The number of fused-ring (bicyclic) bond motifs is 1. The molecule has 0 bridgehead atoms. The summed E-state index contributed by atoms with van der Waals surface area (Å²) < 4.78 is 4.61. The van der Waals surface area contributed by atoms with Gasteiger partial charge < -0.3 is 14.7 Å². The van der Waals surface area contributed by atoms with E-state index in [0.717, 1.165) is 10.4 Å². The summed E-state index contributed by atoms with van der Waals surface area (Å²) in [5, 5.41) is 27.1. The van der Waals surface area contributed by atoms with E-state index in [2.05, 4.69) is 28.6 Å². The molecule has 0 aliphatic carbocycles. The van der Waals surface area contributed by atoms with Gasteiger partial charge in [-0.3, -0.25) is 14.6 Å². The number of carbonyl (C=O) groups is 2. The maximum Gasteiger partial charge on any atom is 0.307 e. The number of esters is 1. The summed E-state index contributed by atoms with van der Waals surface area (Å²) in [5.74, 6) is -0.340. The van der Waals surface area contributed by atoms with E-state index in [9.17, 15) is 14.7 Å². The van der Waals surface area contributed by atoms with Crippen molar-refractivity contribution in [3.8, 4) is 17.9 Å². The number of methoxy groups -OCH3 is 1. The molecule has 0 amide bonds. The molecular weight excluding hydrogens is 416 g/mol. The number of aryl methyl sites for hydroxylation is 1. The zero-order valence-electron chi connectivity index (χ0n) is 17.6. The van der Waals surface area contributed by atoms with E-state index in [1.54, 1.807) is 6.92 Å². The zero-order chi connectivity index (χ0) is 23.1. The third kappa shape index (κ3) is 5.27. The third-order valence-electron chi connectivity index (χ3n) is 4.86. The van der Waals surface area contributed by atoms with Gasteiger partial charge in [0.25, 0.3) is 0 Å². The number of nitrogens with zero attached hydrogens (tertiary/aromatic N) is 4. The lowest BCUT2D eigenvalue weighted by atomic mass is 9.99. The van der Waals surface area contributed by atoms with Gasteiger partial charge >= 0.3 is 5.97 Å². The summed E-state index contributed by atoms with van der Waals surface area (Å²) in [6, 6.07) is 7.16. The van der Waals surface area contributed by atoms with Crippen LogP contribution in [0, 0.1) is 36.5 Å². The van der Waals surface area contributed by atoms with Gasteiger partial charge in [-0.05, 0) is 32.2 Å². The van der Waals surface area contributed by atoms with Crippen LogP contribution in [0.3, 0.4) is 0 Å². The molecule has 1 aromatic carbocycles. The molecule has 0 spiro atoms. The van der Waals surface area contributed by atoms with Crippen LogP contribution in [0.2, 0.25) is 0 Å². The summed E-state index contributed by atoms with van der Waals surface area (Å²) in [5.41, 5.74) is 2.88. The number of rotatable bonds is 4. The molecule has 1 aliphatic rings. The van der Waals surface area contributed by atoms with Crippen LogP contribution in [0.15, 0.2) is 17.1 Å². The van der Waals surface area contributed by atoms with Crippen LogP contribution in [0.5, 0.6) is 5.75 Å². The molecule has 3 rings (SSSR count). The molecule has 0 saturated carbocycles. The highest BCUT2D eigenvalue weighted by molar-refractivity contribution is 7.12. The number of phenolic OH excluding ortho intramolecular Hbond substituents is 1. The summed E-state index contributed by atoms with van der Waals surface area (Å²) in [6.45, 7) is 7.98. The molecular formula is C22H22N4O4S. The lowest BCUT2D eigenvalue weighted by Gasteiger charge is -2.30. The monoisotopic (exact) mass is 438 g/mol. The maximum absolute atomic E-state index is 11.9. The number of carbonyl (C=O) groups excluding carboxylic acids is 2. The van der Waals surface area contributed by atoms with Crippen molar-refractivity contribution < 1.29 is 19.4 Å². The number of thiophene rings is 1. The summed E-state index contributed by atoms with van der Waals surface area (Å²) in [4.78, 5) is 30.3. The van der Waals surface area contributed by atoms with Gasteiger partial charge in [0.1, 0.15) is 28.5 Å². The van der Waals surface area contributed by atoms with E-state index < -0.39 is 0 Å². The number of ketones is 1. The highest BCUT2D eigenvalue weighted by atomic mass is 32.1. The van der Waals surface area contributed by atoms with Crippen LogP contribution in [0.1, 0.15) is 44.1 Å². The van der Waals surface area contributed by atoms with Crippen LogP contribution in [0.4, 0.5) is 11.4 Å². The van der Waals surface area contributed by atoms with Crippen LogP contribution in [0.25, 0.3) is 0 Å². The molecule has 2 heterocycles. The van der Waals surface area contributed by atoms with Crippen molar-refractivity contribution in [2.75, 3.05) is 25.1 Å². The third-order valence-corrected chi connectivity index (χ3v) is 5.97.